The standard InChI is InChI=1S/C14H19BrN2O3/c1-10-6-11(15)2-3-12(10)16-7-13(18)17-8-14(19)4-5-20-9-14/h2-3,6,16,19H,4-5,7-9H2,1H3,(H,17,18). The summed E-state index contributed by atoms with van der Waals surface area (Å²) in [4.78, 5) is 11.8. The molecule has 2 rings (SSSR count). The summed E-state index contributed by atoms with van der Waals surface area (Å²) in [6.45, 7) is 3.21. The Hall–Kier alpha value is -1.11. The van der Waals surface area contributed by atoms with E-state index in [4.69, 9.17) is 4.74 Å². The number of hydrogen-bond acceptors (Lipinski definition) is 4. The van der Waals surface area contributed by atoms with E-state index in [2.05, 4.69) is 26.6 Å². The molecular formula is C14H19BrN2O3. The van der Waals surface area contributed by atoms with Gasteiger partial charge >= 0.3 is 0 Å². The van der Waals surface area contributed by atoms with E-state index in [1.54, 1.807) is 0 Å². The minimum atomic E-state index is -0.914. The van der Waals surface area contributed by atoms with Crippen LogP contribution < -0.4 is 10.6 Å². The zero-order valence-corrected chi connectivity index (χ0v) is 13.0. The quantitative estimate of drug-likeness (QED) is 0.757. The van der Waals surface area contributed by atoms with Gasteiger partial charge in [0.05, 0.1) is 13.2 Å². The maximum absolute atomic E-state index is 11.8. The van der Waals surface area contributed by atoms with E-state index in [1.807, 2.05) is 25.1 Å². The van der Waals surface area contributed by atoms with Crippen LogP contribution in [0.15, 0.2) is 22.7 Å². The second kappa shape index (κ2) is 6.56. The third-order valence-electron chi connectivity index (χ3n) is 3.32. The number of aryl methyl sites for hydroxylation is 1. The van der Waals surface area contributed by atoms with Gasteiger partial charge in [-0.15, -0.1) is 0 Å². The molecule has 1 unspecified atom stereocenters. The molecule has 0 bridgehead atoms. The lowest BCUT2D eigenvalue weighted by atomic mass is 10.0. The lowest BCUT2D eigenvalue weighted by molar-refractivity contribution is -0.120. The molecule has 0 saturated carbocycles. The molecule has 1 saturated heterocycles. The van der Waals surface area contributed by atoms with Crippen molar-refractivity contribution in [2.75, 3.05) is 31.6 Å². The van der Waals surface area contributed by atoms with Crippen molar-refractivity contribution in [2.45, 2.75) is 18.9 Å². The zero-order valence-electron chi connectivity index (χ0n) is 11.4. The zero-order chi connectivity index (χ0) is 14.6. The largest absolute Gasteiger partial charge is 0.386 e. The summed E-state index contributed by atoms with van der Waals surface area (Å²) in [7, 11) is 0. The van der Waals surface area contributed by atoms with Gasteiger partial charge in [0, 0.05) is 29.7 Å². The molecule has 3 N–H and O–H groups in total. The maximum atomic E-state index is 11.8. The highest BCUT2D eigenvalue weighted by Gasteiger charge is 2.32. The second-order valence-electron chi connectivity index (χ2n) is 5.12. The predicted octanol–water partition coefficient (Wildman–Crippen LogP) is 1.44. The summed E-state index contributed by atoms with van der Waals surface area (Å²) in [5, 5.41) is 15.8. The van der Waals surface area contributed by atoms with E-state index in [-0.39, 0.29) is 25.6 Å². The molecule has 20 heavy (non-hydrogen) atoms. The fourth-order valence-electron chi connectivity index (χ4n) is 2.06. The summed E-state index contributed by atoms with van der Waals surface area (Å²) >= 11 is 3.40. The van der Waals surface area contributed by atoms with Crippen LogP contribution in [0.4, 0.5) is 5.69 Å². The number of hydrogen-bond donors (Lipinski definition) is 3. The third kappa shape index (κ3) is 4.19. The lowest BCUT2D eigenvalue weighted by Gasteiger charge is -2.20. The van der Waals surface area contributed by atoms with Crippen molar-refractivity contribution in [3.05, 3.63) is 28.2 Å². The van der Waals surface area contributed by atoms with Crippen LogP contribution in [0.5, 0.6) is 0 Å². The first-order valence-corrected chi connectivity index (χ1v) is 7.35. The molecule has 1 heterocycles. The van der Waals surface area contributed by atoms with E-state index in [1.165, 1.54) is 0 Å². The van der Waals surface area contributed by atoms with Crippen LogP contribution in [-0.4, -0.2) is 42.9 Å². The Morgan fingerprint density at radius 2 is 2.35 bits per heavy atom. The van der Waals surface area contributed by atoms with Gasteiger partial charge < -0.3 is 20.5 Å². The molecule has 1 aromatic rings. The van der Waals surface area contributed by atoms with Crippen LogP contribution in [0.2, 0.25) is 0 Å². The summed E-state index contributed by atoms with van der Waals surface area (Å²) in [6.07, 6.45) is 0.562. The summed E-state index contributed by atoms with van der Waals surface area (Å²) in [5.41, 5.74) is 1.07. The normalized spacial score (nSPS) is 21.8. The number of halogens is 1. The van der Waals surface area contributed by atoms with E-state index in [0.29, 0.717) is 13.0 Å². The minimum absolute atomic E-state index is 0.146. The first kappa shape index (κ1) is 15.3. The minimum Gasteiger partial charge on any atom is -0.386 e. The third-order valence-corrected chi connectivity index (χ3v) is 3.82. The summed E-state index contributed by atoms with van der Waals surface area (Å²) in [5.74, 6) is -0.146. The molecule has 0 aliphatic carbocycles. The first-order valence-electron chi connectivity index (χ1n) is 6.55. The molecule has 0 aromatic heterocycles. The second-order valence-corrected chi connectivity index (χ2v) is 6.03. The van der Waals surface area contributed by atoms with Crippen LogP contribution in [0.25, 0.3) is 0 Å². The molecule has 1 fully saturated rings. The van der Waals surface area contributed by atoms with Gasteiger partial charge in [-0.3, -0.25) is 4.79 Å². The van der Waals surface area contributed by atoms with Crippen molar-refractivity contribution in [3.8, 4) is 0 Å². The van der Waals surface area contributed by atoms with Gasteiger partial charge in [0.15, 0.2) is 0 Å². The fourth-order valence-corrected chi connectivity index (χ4v) is 2.54. The van der Waals surface area contributed by atoms with Gasteiger partial charge in [-0.25, -0.2) is 0 Å². The molecule has 1 aromatic carbocycles. The SMILES string of the molecule is Cc1cc(Br)ccc1NCC(=O)NCC1(O)CCOC1. The fraction of sp³-hybridized carbons (Fsp3) is 0.500. The van der Waals surface area contributed by atoms with Crippen molar-refractivity contribution in [1.82, 2.24) is 5.32 Å². The predicted molar refractivity (Wildman–Crippen MR) is 80.8 cm³/mol. The molecule has 1 atom stereocenters. The highest BCUT2D eigenvalue weighted by molar-refractivity contribution is 9.10. The Bertz CT molecular complexity index is 487. The lowest BCUT2D eigenvalue weighted by Crippen LogP contribution is -2.44. The number of rotatable bonds is 5. The summed E-state index contributed by atoms with van der Waals surface area (Å²) < 4.78 is 6.14. The molecule has 1 aliphatic heterocycles. The number of benzene rings is 1. The number of amides is 1. The van der Waals surface area contributed by atoms with Crippen molar-refractivity contribution in [3.63, 3.8) is 0 Å². The molecule has 0 spiro atoms. The van der Waals surface area contributed by atoms with E-state index in [9.17, 15) is 9.90 Å². The highest BCUT2D eigenvalue weighted by atomic mass is 79.9. The van der Waals surface area contributed by atoms with Crippen molar-refractivity contribution in [2.24, 2.45) is 0 Å². The van der Waals surface area contributed by atoms with Crippen molar-refractivity contribution in [1.29, 1.82) is 0 Å². The van der Waals surface area contributed by atoms with Gasteiger partial charge in [0.2, 0.25) is 5.91 Å². The average molecular weight is 343 g/mol. The van der Waals surface area contributed by atoms with Gasteiger partial charge in [-0.1, -0.05) is 15.9 Å². The average Bonchev–Trinajstić information content (AvgIpc) is 2.83. The van der Waals surface area contributed by atoms with Gasteiger partial charge in [-0.2, -0.15) is 0 Å². The van der Waals surface area contributed by atoms with E-state index in [0.717, 1.165) is 15.7 Å². The highest BCUT2D eigenvalue weighted by Crippen LogP contribution is 2.20. The Morgan fingerprint density at radius 1 is 1.55 bits per heavy atom. The monoisotopic (exact) mass is 342 g/mol. The number of carbonyl (C=O) groups is 1. The molecule has 0 radical (unpaired) electrons. The molecule has 110 valence electrons. The van der Waals surface area contributed by atoms with Crippen LogP contribution in [0.1, 0.15) is 12.0 Å². The molecule has 1 amide bonds. The first-order chi connectivity index (χ1) is 9.48. The molecule has 6 heteroatoms. The van der Waals surface area contributed by atoms with Crippen LogP contribution in [0, 0.1) is 6.92 Å². The van der Waals surface area contributed by atoms with Crippen molar-refractivity contribution >= 4 is 27.5 Å². The number of carbonyl (C=O) groups excluding carboxylic acids is 1. The van der Waals surface area contributed by atoms with Gasteiger partial charge in [0.1, 0.15) is 5.60 Å². The van der Waals surface area contributed by atoms with Crippen LogP contribution in [-0.2, 0) is 9.53 Å². The Labute approximate surface area is 126 Å². The topological polar surface area (TPSA) is 70.6 Å². The number of ether oxygens (including phenoxy) is 1. The van der Waals surface area contributed by atoms with E-state index >= 15 is 0 Å². The Morgan fingerprint density at radius 3 is 3.00 bits per heavy atom. The Balaban J connectivity index is 1.77. The van der Waals surface area contributed by atoms with Crippen molar-refractivity contribution < 1.29 is 14.6 Å². The number of nitrogens with one attached hydrogen (secondary N) is 2. The van der Waals surface area contributed by atoms with Crippen LogP contribution >= 0.6 is 15.9 Å². The number of anilines is 1. The molecular weight excluding hydrogens is 324 g/mol. The smallest absolute Gasteiger partial charge is 0.239 e. The molecule has 1 aliphatic rings. The molecule has 5 nitrogen and oxygen atoms in total. The number of aliphatic hydroxyl groups is 1. The Kier molecular flexibility index (Phi) is 5.01. The van der Waals surface area contributed by atoms with Gasteiger partial charge in [0.25, 0.3) is 0 Å². The van der Waals surface area contributed by atoms with E-state index < -0.39 is 5.60 Å². The maximum Gasteiger partial charge on any atom is 0.239 e. The summed E-state index contributed by atoms with van der Waals surface area (Å²) in [6, 6.07) is 5.83. The van der Waals surface area contributed by atoms with Gasteiger partial charge in [-0.05, 0) is 30.7 Å². The van der Waals surface area contributed by atoms with Crippen LogP contribution in [0.3, 0.4) is 0 Å².